The van der Waals surface area contributed by atoms with Crippen molar-refractivity contribution in [2.45, 2.75) is 19.8 Å². The van der Waals surface area contributed by atoms with Crippen LogP contribution >= 0.6 is 36.2 Å². The number of amides is 1. The fraction of sp³-hybridized carbons (Fsp3) is 0.375. The van der Waals surface area contributed by atoms with E-state index in [4.69, 9.17) is 0 Å². The van der Waals surface area contributed by atoms with Crippen molar-refractivity contribution in [2.24, 2.45) is 0 Å². The molecule has 2 N–H and O–H groups in total. The number of thiazole rings is 1. The van der Waals surface area contributed by atoms with Gasteiger partial charge in [0.2, 0.25) is 0 Å². The van der Waals surface area contributed by atoms with Crippen molar-refractivity contribution in [3.05, 3.63) is 51.2 Å². The van der Waals surface area contributed by atoms with Gasteiger partial charge in [-0.3, -0.25) is 4.79 Å². The molecule has 24 heavy (non-hydrogen) atoms. The molecule has 1 aromatic heterocycles. The summed E-state index contributed by atoms with van der Waals surface area (Å²) in [7, 11) is 1.89. The molecule has 8 heteroatoms. The van der Waals surface area contributed by atoms with E-state index in [-0.39, 0.29) is 36.5 Å². The van der Waals surface area contributed by atoms with Crippen LogP contribution in [0.2, 0.25) is 0 Å². The third kappa shape index (κ3) is 6.73. The largest absolute Gasteiger partial charge is 0.351 e. The standard InChI is InChI=1S/C16H20FN3OS.2ClH/c1-11-15(16(21)19-9-3-8-18-2)22-14(20-11)10-12-4-6-13(17)7-5-12;;/h4-7,18H,3,8-10H2,1-2H3,(H,19,21);2*1H. The zero-order valence-corrected chi connectivity index (χ0v) is 16.0. The van der Waals surface area contributed by atoms with E-state index in [0.717, 1.165) is 29.2 Å². The third-order valence-electron chi connectivity index (χ3n) is 3.20. The van der Waals surface area contributed by atoms with E-state index < -0.39 is 0 Å². The Bertz CT molecular complexity index is 635. The van der Waals surface area contributed by atoms with Gasteiger partial charge in [-0.1, -0.05) is 12.1 Å². The smallest absolute Gasteiger partial charge is 0.263 e. The molecule has 0 aliphatic heterocycles. The first-order chi connectivity index (χ1) is 10.6. The van der Waals surface area contributed by atoms with Crippen molar-refractivity contribution >= 4 is 42.1 Å². The summed E-state index contributed by atoms with van der Waals surface area (Å²) in [4.78, 5) is 17.2. The first kappa shape index (κ1) is 22.8. The van der Waals surface area contributed by atoms with Gasteiger partial charge in [0, 0.05) is 13.0 Å². The lowest BCUT2D eigenvalue weighted by Crippen LogP contribution is -2.26. The van der Waals surface area contributed by atoms with Gasteiger partial charge in [0.1, 0.15) is 10.7 Å². The lowest BCUT2D eigenvalue weighted by Gasteiger charge is -2.03. The number of benzene rings is 1. The Morgan fingerprint density at radius 1 is 1.21 bits per heavy atom. The Morgan fingerprint density at radius 3 is 2.50 bits per heavy atom. The minimum absolute atomic E-state index is 0. The van der Waals surface area contributed by atoms with Crippen molar-refractivity contribution < 1.29 is 9.18 Å². The fourth-order valence-electron chi connectivity index (χ4n) is 2.06. The van der Waals surface area contributed by atoms with E-state index >= 15 is 0 Å². The molecule has 0 saturated heterocycles. The van der Waals surface area contributed by atoms with Gasteiger partial charge in [-0.2, -0.15) is 0 Å². The van der Waals surface area contributed by atoms with Crippen molar-refractivity contribution in [3.63, 3.8) is 0 Å². The molecule has 0 aliphatic carbocycles. The highest BCUT2D eigenvalue weighted by Crippen LogP contribution is 2.21. The Labute approximate surface area is 158 Å². The van der Waals surface area contributed by atoms with Gasteiger partial charge < -0.3 is 10.6 Å². The fourth-order valence-corrected chi connectivity index (χ4v) is 3.08. The number of halogens is 3. The molecule has 0 spiro atoms. The van der Waals surface area contributed by atoms with Crippen LogP contribution in [0.1, 0.15) is 32.4 Å². The summed E-state index contributed by atoms with van der Waals surface area (Å²) in [5.41, 5.74) is 1.73. The van der Waals surface area contributed by atoms with E-state index in [9.17, 15) is 9.18 Å². The summed E-state index contributed by atoms with van der Waals surface area (Å²) in [6.07, 6.45) is 1.50. The van der Waals surface area contributed by atoms with E-state index in [2.05, 4.69) is 15.6 Å². The van der Waals surface area contributed by atoms with Crippen LogP contribution in [-0.2, 0) is 6.42 Å². The first-order valence-electron chi connectivity index (χ1n) is 7.23. The molecule has 1 amide bonds. The van der Waals surface area contributed by atoms with Crippen LogP contribution in [0.25, 0.3) is 0 Å². The number of nitrogens with one attached hydrogen (secondary N) is 2. The average Bonchev–Trinajstić information content (AvgIpc) is 2.86. The summed E-state index contributed by atoms with van der Waals surface area (Å²) >= 11 is 1.40. The van der Waals surface area contributed by atoms with Crippen LogP contribution < -0.4 is 10.6 Å². The van der Waals surface area contributed by atoms with E-state index in [1.807, 2.05) is 14.0 Å². The minimum Gasteiger partial charge on any atom is -0.351 e. The average molecular weight is 394 g/mol. The summed E-state index contributed by atoms with van der Waals surface area (Å²) in [6.45, 7) is 3.36. The maximum Gasteiger partial charge on any atom is 0.263 e. The first-order valence-corrected chi connectivity index (χ1v) is 8.05. The monoisotopic (exact) mass is 393 g/mol. The predicted molar refractivity (Wildman–Crippen MR) is 101 cm³/mol. The van der Waals surface area contributed by atoms with E-state index in [1.54, 1.807) is 12.1 Å². The summed E-state index contributed by atoms with van der Waals surface area (Å²) in [5, 5.41) is 6.81. The van der Waals surface area contributed by atoms with Gasteiger partial charge in [0.05, 0.1) is 10.7 Å². The summed E-state index contributed by atoms with van der Waals surface area (Å²) < 4.78 is 12.9. The highest BCUT2D eigenvalue weighted by molar-refractivity contribution is 7.13. The molecule has 1 aromatic carbocycles. The van der Waals surface area contributed by atoms with Crippen molar-refractivity contribution in [1.82, 2.24) is 15.6 Å². The molecule has 0 atom stereocenters. The zero-order valence-electron chi connectivity index (χ0n) is 13.6. The van der Waals surface area contributed by atoms with Gasteiger partial charge in [-0.15, -0.1) is 36.2 Å². The van der Waals surface area contributed by atoms with Gasteiger partial charge in [0.25, 0.3) is 5.91 Å². The van der Waals surface area contributed by atoms with Crippen molar-refractivity contribution in [2.75, 3.05) is 20.1 Å². The summed E-state index contributed by atoms with van der Waals surface area (Å²) in [6, 6.07) is 6.35. The van der Waals surface area contributed by atoms with Gasteiger partial charge in [0.15, 0.2) is 0 Å². The van der Waals surface area contributed by atoms with Crippen molar-refractivity contribution in [3.8, 4) is 0 Å². The molecule has 0 bridgehead atoms. The molecule has 0 fully saturated rings. The van der Waals surface area contributed by atoms with Crippen LogP contribution in [0, 0.1) is 12.7 Å². The third-order valence-corrected chi connectivity index (χ3v) is 4.36. The van der Waals surface area contributed by atoms with E-state index in [0.29, 0.717) is 17.8 Å². The number of hydrogen-bond acceptors (Lipinski definition) is 4. The lowest BCUT2D eigenvalue weighted by molar-refractivity contribution is 0.0956. The van der Waals surface area contributed by atoms with Gasteiger partial charge >= 0.3 is 0 Å². The number of rotatable bonds is 7. The molecule has 1 heterocycles. The van der Waals surface area contributed by atoms with Crippen LogP contribution in [0.15, 0.2) is 24.3 Å². The number of hydrogen-bond donors (Lipinski definition) is 2. The Kier molecular flexibility index (Phi) is 10.8. The number of carbonyl (C=O) groups is 1. The van der Waals surface area contributed by atoms with Crippen LogP contribution in [0.4, 0.5) is 4.39 Å². The molecular formula is C16H22Cl2FN3OS. The van der Waals surface area contributed by atoms with Gasteiger partial charge in [-0.25, -0.2) is 9.37 Å². The molecule has 2 aromatic rings. The Hall–Kier alpha value is -1.21. The van der Waals surface area contributed by atoms with Crippen LogP contribution in [0.5, 0.6) is 0 Å². The molecule has 0 radical (unpaired) electrons. The van der Waals surface area contributed by atoms with Gasteiger partial charge in [-0.05, 0) is 44.6 Å². The minimum atomic E-state index is -0.249. The number of nitrogens with zero attached hydrogens (tertiary/aromatic N) is 1. The van der Waals surface area contributed by atoms with Crippen LogP contribution in [0.3, 0.4) is 0 Å². The molecule has 0 aliphatic rings. The molecular weight excluding hydrogens is 372 g/mol. The lowest BCUT2D eigenvalue weighted by atomic mass is 10.1. The highest BCUT2D eigenvalue weighted by Gasteiger charge is 2.15. The molecule has 2 rings (SSSR count). The topological polar surface area (TPSA) is 54.0 Å². The molecule has 134 valence electrons. The second-order valence-electron chi connectivity index (χ2n) is 5.04. The quantitative estimate of drug-likeness (QED) is 0.708. The second kappa shape index (κ2) is 11.4. The summed E-state index contributed by atoms with van der Waals surface area (Å²) in [5.74, 6) is -0.322. The number of aryl methyl sites for hydroxylation is 1. The molecule has 4 nitrogen and oxygen atoms in total. The van der Waals surface area contributed by atoms with Crippen LogP contribution in [-0.4, -0.2) is 31.0 Å². The van der Waals surface area contributed by atoms with Crippen molar-refractivity contribution in [1.29, 1.82) is 0 Å². The Morgan fingerprint density at radius 2 is 1.88 bits per heavy atom. The maximum atomic E-state index is 12.9. The maximum absolute atomic E-state index is 12.9. The normalized spacial score (nSPS) is 9.79. The molecule has 0 unspecified atom stereocenters. The number of carbonyl (C=O) groups excluding carboxylic acids is 1. The predicted octanol–water partition coefficient (Wildman–Crippen LogP) is 3.36. The molecule has 0 saturated carbocycles. The number of aromatic nitrogens is 1. The highest BCUT2D eigenvalue weighted by atomic mass is 35.5. The SMILES string of the molecule is CNCCCNC(=O)c1sc(Cc2ccc(F)cc2)nc1C.Cl.Cl. The zero-order chi connectivity index (χ0) is 15.9. The van der Waals surface area contributed by atoms with E-state index in [1.165, 1.54) is 23.5 Å². The Balaban J connectivity index is 0.00000264. The second-order valence-corrected chi connectivity index (χ2v) is 6.12.